The molecule has 0 aliphatic rings. The third kappa shape index (κ3) is 43.0. The fourth-order valence-electron chi connectivity index (χ4n) is 6.96. The molecule has 0 aliphatic heterocycles. The fraction of sp³-hybridized carbons (Fsp3) is 0.860. The molecule has 0 amide bonds. The van der Waals surface area contributed by atoms with E-state index in [0.717, 1.165) is 70.6 Å². The minimum Gasteiger partial charge on any atom is -0.462 e. The molecule has 0 N–H and O–H groups in total. The van der Waals surface area contributed by atoms with Crippen LogP contribution >= 0.6 is 0 Å². The van der Waals surface area contributed by atoms with E-state index in [1.54, 1.807) is 0 Å². The van der Waals surface area contributed by atoms with Gasteiger partial charge in [-0.3, -0.25) is 14.4 Å². The average Bonchev–Trinajstić information content (AvgIpc) is 3.19. The van der Waals surface area contributed by atoms with Gasteiger partial charge in [0.05, 0.1) is 0 Å². The smallest absolute Gasteiger partial charge is 0.306 e. The first kappa shape index (κ1) is 53.9. The molecule has 0 heterocycles. The third-order valence-corrected chi connectivity index (χ3v) is 10.7. The largest absolute Gasteiger partial charge is 0.462 e. The number of ether oxygens (including phenoxy) is 3. The van der Waals surface area contributed by atoms with E-state index >= 15 is 0 Å². The molecule has 0 aromatic heterocycles. The number of hydrogen-bond donors (Lipinski definition) is 0. The highest BCUT2D eigenvalue weighted by Gasteiger charge is 2.19. The first-order valence-electron chi connectivity index (χ1n) is 24.3. The summed E-state index contributed by atoms with van der Waals surface area (Å²) in [5.41, 5.74) is 0. The summed E-state index contributed by atoms with van der Waals surface area (Å²) in [6.07, 6.45) is 50.1. The van der Waals surface area contributed by atoms with Crippen molar-refractivity contribution in [3.8, 4) is 0 Å². The Bertz CT molecular complexity index is 911. The van der Waals surface area contributed by atoms with Gasteiger partial charge in [0.2, 0.25) is 0 Å². The molecule has 6 heteroatoms. The second-order valence-corrected chi connectivity index (χ2v) is 16.4. The maximum Gasteiger partial charge on any atom is 0.306 e. The first-order chi connectivity index (χ1) is 27.5. The summed E-state index contributed by atoms with van der Waals surface area (Å²) in [6.45, 7) is 6.60. The van der Waals surface area contributed by atoms with E-state index in [4.69, 9.17) is 14.2 Å². The van der Waals surface area contributed by atoms with E-state index in [-0.39, 0.29) is 31.1 Å². The van der Waals surface area contributed by atoms with E-state index in [1.165, 1.54) is 148 Å². The highest BCUT2D eigenvalue weighted by molar-refractivity contribution is 5.71. The van der Waals surface area contributed by atoms with Crippen molar-refractivity contribution >= 4 is 17.9 Å². The van der Waals surface area contributed by atoms with Crippen LogP contribution in [0.3, 0.4) is 0 Å². The van der Waals surface area contributed by atoms with Crippen molar-refractivity contribution in [1.82, 2.24) is 0 Å². The van der Waals surface area contributed by atoms with Gasteiger partial charge in [0.25, 0.3) is 0 Å². The SMILES string of the molecule is CCCCCC/C=C\CCCCCCCC(=O)O[C@@H](COC(=O)CCCCCCC/C=C\CCCCCCCC)COC(=O)CCCCCCCCCCCC. The van der Waals surface area contributed by atoms with Crippen molar-refractivity contribution in [3.05, 3.63) is 24.3 Å². The minimum atomic E-state index is -0.772. The number of hydrogen-bond acceptors (Lipinski definition) is 6. The molecule has 0 aliphatic carbocycles. The molecule has 0 radical (unpaired) electrons. The van der Waals surface area contributed by atoms with Gasteiger partial charge >= 0.3 is 17.9 Å². The summed E-state index contributed by atoms with van der Waals surface area (Å²) >= 11 is 0. The molecular weight excluding hydrogens is 697 g/mol. The van der Waals surface area contributed by atoms with Crippen LogP contribution in [-0.4, -0.2) is 37.2 Å². The monoisotopic (exact) mass is 789 g/mol. The second-order valence-electron chi connectivity index (χ2n) is 16.4. The Balaban J connectivity index is 4.36. The standard InChI is InChI=1S/C50H92O6/c1-4-7-10-13-16-19-22-24-25-27-28-31-34-37-40-43-49(52)55-46-47(45-54-48(51)42-39-36-33-30-21-18-15-12-9-6-3)56-50(53)44-41-38-35-32-29-26-23-20-17-14-11-8-5-2/h20,23-25,47H,4-19,21-22,26-46H2,1-3H3/b23-20-,25-24-/t47-/m1/s1. The molecule has 0 spiro atoms. The lowest BCUT2D eigenvalue weighted by Gasteiger charge is -2.18. The summed E-state index contributed by atoms with van der Waals surface area (Å²) in [6, 6.07) is 0. The maximum absolute atomic E-state index is 12.7. The molecule has 0 unspecified atom stereocenters. The van der Waals surface area contributed by atoms with Gasteiger partial charge in [0, 0.05) is 19.3 Å². The van der Waals surface area contributed by atoms with E-state index in [2.05, 4.69) is 45.1 Å². The second kappa shape index (κ2) is 45.6. The van der Waals surface area contributed by atoms with Gasteiger partial charge in [-0.2, -0.15) is 0 Å². The van der Waals surface area contributed by atoms with E-state index in [0.29, 0.717) is 19.3 Å². The van der Waals surface area contributed by atoms with Crippen molar-refractivity contribution in [2.75, 3.05) is 13.2 Å². The van der Waals surface area contributed by atoms with Crippen LogP contribution in [-0.2, 0) is 28.6 Å². The molecule has 6 nitrogen and oxygen atoms in total. The van der Waals surface area contributed by atoms with Crippen molar-refractivity contribution in [2.24, 2.45) is 0 Å². The van der Waals surface area contributed by atoms with Crippen LogP contribution in [0, 0.1) is 0 Å². The van der Waals surface area contributed by atoms with Gasteiger partial charge in [-0.25, -0.2) is 0 Å². The molecule has 328 valence electrons. The normalized spacial score (nSPS) is 12.1. The number of esters is 3. The molecule has 0 rings (SSSR count). The van der Waals surface area contributed by atoms with Crippen molar-refractivity contribution in [2.45, 2.75) is 264 Å². The number of carbonyl (C=O) groups excluding carboxylic acids is 3. The van der Waals surface area contributed by atoms with Crippen LogP contribution < -0.4 is 0 Å². The number of rotatable bonds is 44. The topological polar surface area (TPSA) is 78.9 Å². The van der Waals surface area contributed by atoms with Crippen molar-refractivity contribution in [3.63, 3.8) is 0 Å². The maximum atomic E-state index is 12.7. The highest BCUT2D eigenvalue weighted by Crippen LogP contribution is 2.14. The Morgan fingerprint density at radius 3 is 0.911 bits per heavy atom. The van der Waals surface area contributed by atoms with Crippen LogP contribution in [0.15, 0.2) is 24.3 Å². The first-order valence-corrected chi connectivity index (χ1v) is 24.3. The number of allylic oxidation sites excluding steroid dienone is 4. The van der Waals surface area contributed by atoms with Gasteiger partial charge < -0.3 is 14.2 Å². The molecule has 0 fully saturated rings. The lowest BCUT2D eigenvalue weighted by Crippen LogP contribution is -2.30. The molecule has 0 saturated carbocycles. The molecular formula is C50H92O6. The van der Waals surface area contributed by atoms with Crippen LogP contribution in [0.5, 0.6) is 0 Å². The summed E-state index contributed by atoms with van der Waals surface area (Å²) in [5, 5.41) is 0. The van der Waals surface area contributed by atoms with Gasteiger partial charge in [-0.15, -0.1) is 0 Å². The zero-order chi connectivity index (χ0) is 40.8. The molecule has 1 atom stereocenters. The lowest BCUT2D eigenvalue weighted by atomic mass is 10.1. The lowest BCUT2D eigenvalue weighted by molar-refractivity contribution is -0.167. The molecule has 0 aromatic carbocycles. The minimum absolute atomic E-state index is 0.0743. The quantitative estimate of drug-likeness (QED) is 0.0265. The molecule has 56 heavy (non-hydrogen) atoms. The highest BCUT2D eigenvalue weighted by atomic mass is 16.6. The predicted octanol–water partition coefficient (Wildman–Crippen LogP) is 15.6. The molecule has 0 aromatic rings. The van der Waals surface area contributed by atoms with Crippen molar-refractivity contribution < 1.29 is 28.6 Å². The van der Waals surface area contributed by atoms with Gasteiger partial charge in [-0.1, -0.05) is 193 Å². The summed E-state index contributed by atoms with van der Waals surface area (Å²) < 4.78 is 16.7. The zero-order valence-electron chi connectivity index (χ0n) is 37.4. The van der Waals surface area contributed by atoms with Crippen LogP contribution in [0.2, 0.25) is 0 Å². The predicted molar refractivity (Wildman–Crippen MR) is 238 cm³/mol. The van der Waals surface area contributed by atoms with E-state index in [1.807, 2.05) is 0 Å². The zero-order valence-corrected chi connectivity index (χ0v) is 37.4. The van der Waals surface area contributed by atoms with Crippen molar-refractivity contribution in [1.29, 1.82) is 0 Å². The van der Waals surface area contributed by atoms with E-state index < -0.39 is 6.10 Å². The Labute approximate surface area is 347 Å². The van der Waals surface area contributed by atoms with Gasteiger partial charge in [-0.05, 0) is 70.6 Å². The Hall–Kier alpha value is -2.11. The Morgan fingerprint density at radius 1 is 0.339 bits per heavy atom. The van der Waals surface area contributed by atoms with Crippen LogP contribution in [0.25, 0.3) is 0 Å². The molecule has 0 saturated heterocycles. The van der Waals surface area contributed by atoms with Gasteiger partial charge in [0.1, 0.15) is 13.2 Å². The summed E-state index contributed by atoms with van der Waals surface area (Å²) in [4.78, 5) is 37.8. The third-order valence-electron chi connectivity index (χ3n) is 10.7. The fourth-order valence-corrected chi connectivity index (χ4v) is 6.96. The Kier molecular flexibility index (Phi) is 43.9. The average molecular weight is 789 g/mol. The van der Waals surface area contributed by atoms with Crippen LogP contribution in [0.4, 0.5) is 0 Å². The van der Waals surface area contributed by atoms with Gasteiger partial charge in [0.15, 0.2) is 6.10 Å². The number of unbranched alkanes of at least 4 members (excludes halogenated alkanes) is 29. The summed E-state index contributed by atoms with van der Waals surface area (Å²) in [5.74, 6) is -0.886. The Morgan fingerprint density at radius 2 is 0.589 bits per heavy atom. The summed E-state index contributed by atoms with van der Waals surface area (Å²) in [7, 11) is 0. The van der Waals surface area contributed by atoms with E-state index in [9.17, 15) is 14.4 Å². The molecule has 0 bridgehead atoms. The van der Waals surface area contributed by atoms with Crippen LogP contribution in [0.1, 0.15) is 258 Å². The number of carbonyl (C=O) groups is 3.